The second-order valence-electron chi connectivity index (χ2n) is 8.09. The summed E-state index contributed by atoms with van der Waals surface area (Å²) in [6.45, 7) is 9.21. The summed E-state index contributed by atoms with van der Waals surface area (Å²) in [7, 11) is 0. The van der Waals surface area contributed by atoms with Crippen molar-refractivity contribution < 1.29 is 22.6 Å². The SMILES string of the molecule is CCOc1ccc(CCNC(=S)N2CCN(Cc3cccc(C(F)(F)F)c3)CC2)cc1OCC. The van der Waals surface area contributed by atoms with Gasteiger partial charge in [-0.2, -0.15) is 13.2 Å². The first-order chi connectivity index (χ1) is 16.3. The molecule has 1 saturated heterocycles. The van der Waals surface area contributed by atoms with Crippen molar-refractivity contribution in [3.05, 3.63) is 59.2 Å². The molecule has 1 aliphatic heterocycles. The van der Waals surface area contributed by atoms with Gasteiger partial charge in [0.15, 0.2) is 16.6 Å². The Bertz CT molecular complexity index is 947. The van der Waals surface area contributed by atoms with Crippen LogP contribution in [0.1, 0.15) is 30.5 Å². The third-order valence-corrected chi connectivity index (χ3v) is 6.02. The van der Waals surface area contributed by atoms with Gasteiger partial charge in [0.1, 0.15) is 0 Å². The first kappa shape index (κ1) is 26.1. The fourth-order valence-corrected chi connectivity index (χ4v) is 4.17. The molecule has 1 N–H and O–H groups in total. The van der Waals surface area contributed by atoms with Crippen LogP contribution in [0.2, 0.25) is 0 Å². The van der Waals surface area contributed by atoms with E-state index in [1.807, 2.05) is 32.0 Å². The molecule has 2 aromatic carbocycles. The Hall–Kier alpha value is -2.52. The molecule has 0 spiro atoms. The zero-order chi connectivity index (χ0) is 24.6. The van der Waals surface area contributed by atoms with Crippen LogP contribution < -0.4 is 14.8 Å². The van der Waals surface area contributed by atoms with Gasteiger partial charge in [-0.3, -0.25) is 4.90 Å². The number of ether oxygens (including phenoxy) is 2. The molecule has 34 heavy (non-hydrogen) atoms. The quantitative estimate of drug-likeness (QED) is 0.507. The van der Waals surface area contributed by atoms with E-state index in [-0.39, 0.29) is 0 Å². The summed E-state index contributed by atoms with van der Waals surface area (Å²) in [6, 6.07) is 11.5. The van der Waals surface area contributed by atoms with Crippen LogP contribution in [0, 0.1) is 0 Å². The third-order valence-electron chi connectivity index (χ3n) is 5.62. The topological polar surface area (TPSA) is 37.0 Å². The molecule has 0 saturated carbocycles. The van der Waals surface area contributed by atoms with Crippen LogP contribution in [-0.2, 0) is 19.1 Å². The van der Waals surface area contributed by atoms with E-state index in [0.29, 0.717) is 37.0 Å². The van der Waals surface area contributed by atoms with E-state index in [2.05, 4.69) is 15.1 Å². The number of halogens is 3. The molecule has 2 aromatic rings. The molecule has 0 radical (unpaired) electrons. The molecular weight excluding hydrogens is 463 g/mol. The number of thiocarbonyl (C=S) groups is 1. The Balaban J connectivity index is 1.43. The molecule has 3 rings (SSSR count). The lowest BCUT2D eigenvalue weighted by Gasteiger charge is -2.36. The van der Waals surface area contributed by atoms with Gasteiger partial charge in [-0.25, -0.2) is 0 Å². The first-order valence-electron chi connectivity index (χ1n) is 11.6. The monoisotopic (exact) mass is 495 g/mol. The van der Waals surface area contributed by atoms with Crippen molar-refractivity contribution in [1.29, 1.82) is 0 Å². The molecule has 1 aliphatic rings. The summed E-state index contributed by atoms with van der Waals surface area (Å²) in [4.78, 5) is 4.27. The predicted octanol–water partition coefficient (Wildman–Crippen LogP) is 4.74. The second kappa shape index (κ2) is 12.3. The van der Waals surface area contributed by atoms with E-state index in [0.717, 1.165) is 55.7 Å². The maximum absolute atomic E-state index is 12.9. The van der Waals surface area contributed by atoms with E-state index in [1.54, 1.807) is 6.07 Å². The second-order valence-corrected chi connectivity index (χ2v) is 8.48. The number of hydrogen-bond donors (Lipinski definition) is 1. The maximum atomic E-state index is 12.9. The summed E-state index contributed by atoms with van der Waals surface area (Å²) in [5.74, 6) is 1.50. The summed E-state index contributed by atoms with van der Waals surface area (Å²) in [6.07, 6.45) is -3.52. The van der Waals surface area contributed by atoms with Gasteiger partial charge in [0.05, 0.1) is 18.8 Å². The van der Waals surface area contributed by atoms with E-state index in [9.17, 15) is 13.2 Å². The minimum atomic E-state index is -4.32. The van der Waals surface area contributed by atoms with Gasteiger partial charge in [0, 0.05) is 39.3 Å². The van der Waals surface area contributed by atoms with Crippen molar-refractivity contribution in [2.75, 3.05) is 45.9 Å². The summed E-state index contributed by atoms with van der Waals surface area (Å²) in [5, 5.41) is 4.03. The molecular formula is C25H32F3N3O2S. The van der Waals surface area contributed by atoms with Crippen LogP contribution >= 0.6 is 12.2 Å². The number of nitrogens with zero attached hydrogens (tertiary/aromatic N) is 2. The Kier molecular flexibility index (Phi) is 9.41. The molecule has 9 heteroatoms. The molecule has 186 valence electrons. The van der Waals surface area contributed by atoms with Crippen molar-refractivity contribution in [3.63, 3.8) is 0 Å². The fourth-order valence-electron chi connectivity index (χ4n) is 3.89. The molecule has 0 amide bonds. The Morgan fingerprint density at radius 3 is 2.32 bits per heavy atom. The zero-order valence-corrected chi connectivity index (χ0v) is 20.5. The van der Waals surface area contributed by atoms with Gasteiger partial charge >= 0.3 is 6.18 Å². The van der Waals surface area contributed by atoms with E-state index < -0.39 is 11.7 Å². The van der Waals surface area contributed by atoms with Crippen molar-refractivity contribution in [2.45, 2.75) is 33.0 Å². The van der Waals surface area contributed by atoms with Gasteiger partial charge in [0.2, 0.25) is 0 Å². The lowest BCUT2D eigenvalue weighted by Crippen LogP contribution is -2.51. The van der Waals surface area contributed by atoms with Gasteiger partial charge in [0.25, 0.3) is 0 Å². The molecule has 0 atom stereocenters. The number of hydrogen-bond acceptors (Lipinski definition) is 4. The molecule has 1 fully saturated rings. The lowest BCUT2D eigenvalue weighted by molar-refractivity contribution is -0.137. The number of rotatable bonds is 9. The highest BCUT2D eigenvalue weighted by atomic mass is 32.1. The fraction of sp³-hybridized carbons (Fsp3) is 0.480. The van der Waals surface area contributed by atoms with Crippen LogP contribution in [0.25, 0.3) is 0 Å². The van der Waals surface area contributed by atoms with Crippen molar-refractivity contribution >= 4 is 17.3 Å². The first-order valence-corrected chi connectivity index (χ1v) is 12.0. The highest BCUT2D eigenvalue weighted by Gasteiger charge is 2.30. The number of piperazine rings is 1. The average molecular weight is 496 g/mol. The Labute approximate surface area is 204 Å². The molecule has 0 unspecified atom stereocenters. The van der Waals surface area contributed by atoms with Gasteiger partial charge < -0.3 is 19.7 Å². The third kappa shape index (κ3) is 7.50. The van der Waals surface area contributed by atoms with E-state index in [1.165, 1.54) is 12.1 Å². The van der Waals surface area contributed by atoms with Crippen molar-refractivity contribution in [2.24, 2.45) is 0 Å². The Morgan fingerprint density at radius 2 is 1.65 bits per heavy atom. The van der Waals surface area contributed by atoms with E-state index >= 15 is 0 Å². The smallest absolute Gasteiger partial charge is 0.416 e. The van der Waals surface area contributed by atoms with Crippen molar-refractivity contribution in [3.8, 4) is 11.5 Å². The van der Waals surface area contributed by atoms with Crippen LogP contribution in [0.5, 0.6) is 11.5 Å². The van der Waals surface area contributed by atoms with Gasteiger partial charge in [-0.15, -0.1) is 0 Å². The van der Waals surface area contributed by atoms with Crippen molar-refractivity contribution in [1.82, 2.24) is 15.1 Å². The van der Waals surface area contributed by atoms with Crippen LogP contribution in [0.4, 0.5) is 13.2 Å². The molecule has 0 bridgehead atoms. The average Bonchev–Trinajstić information content (AvgIpc) is 2.81. The zero-order valence-electron chi connectivity index (χ0n) is 19.7. The number of benzene rings is 2. The van der Waals surface area contributed by atoms with Crippen LogP contribution in [0.3, 0.4) is 0 Å². The number of alkyl halides is 3. The summed E-state index contributed by atoms with van der Waals surface area (Å²) in [5.41, 5.74) is 1.20. The molecule has 0 aromatic heterocycles. The summed E-state index contributed by atoms with van der Waals surface area (Å²) < 4.78 is 50.1. The molecule has 0 aliphatic carbocycles. The van der Waals surface area contributed by atoms with E-state index in [4.69, 9.17) is 21.7 Å². The predicted molar refractivity (Wildman–Crippen MR) is 131 cm³/mol. The molecule has 1 heterocycles. The minimum Gasteiger partial charge on any atom is -0.490 e. The highest BCUT2D eigenvalue weighted by Crippen LogP contribution is 2.30. The van der Waals surface area contributed by atoms with Gasteiger partial charge in [-0.1, -0.05) is 24.3 Å². The standard InChI is InChI=1S/C25H32F3N3O2S/c1-3-32-22-9-8-19(17-23(22)33-4-2)10-11-29-24(34)31-14-12-30(13-15-31)18-20-6-5-7-21(16-20)25(26,27)28/h5-9,16-17H,3-4,10-15,18H2,1-2H3,(H,29,34). The summed E-state index contributed by atoms with van der Waals surface area (Å²) >= 11 is 5.56. The van der Waals surface area contributed by atoms with Gasteiger partial charge in [-0.05, 0) is 61.8 Å². The minimum absolute atomic E-state index is 0.498. The lowest BCUT2D eigenvalue weighted by atomic mass is 10.1. The number of nitrogens with one attached hydrogen (secondary N) is 1. The molecule has 5 nitrogen and oxygen atoms in total. The Morgan fingerprint density at radius 1 is 0.941 bits per heavy atom. The largest absolute Gasteiger partial charge is 0.490 e. The van der Waals surface area contributed by atoms with Crippen LogP contribution in [0.15, 0.2) is 42.5 Å². The van der Waals surface area contributed by atoms with Crippen LogP contribution in [-0.4, -0.2) is 60.8 Å². The normalized spacial score (nSPS) is 14.7. The maximum Gasteiger partial charge on any atom is 0.416 e. The highest BCUT2D eigenvalue weighted by molar-refractivity contribution is 7.80.